The molecule has 0 aromatic carbocycles. The maximum atomic E-state index is 13.1. The summed E-state index contributed by atoms with van der Waals surface area (Å²) in [5.74, 6) is 0.0873. The van der Waals surface area contributed by atoms with Crippen LogP contribution in [-0.2, 0) is 22.6 Å². The van der Waals surface area contributed by atoms with Crippen molar-refractivity contribution < 1.29 is 19.5 Å². The summed E-state index contributed by atoms with van der Waals surface area (Å²) in [7, 11) is 3.22. The number of pyridine rings is 2. The van der Waals surface area contributed by atoms with E-state index >= 15 is 0 Å². The minimum atomic E-state index is -1.38. The summed E-state index contributed by atoms with van der Waals surface area (Å²) in [5.41, 5.74) is 2.03. The highest BCUT2D eigenvalue weighted by Gasteiger charge is 2.21. The molecular weight excluding hydrogens is 490 g/mol. The Balaban J connectivity index is 1.74. The first-order valence-corrected chi connectivity index (χ1v) is 12.2. The molecule has 12 heteroatoms. The number of carbonyl (C=O) groups is 3. The van der Waals surface area contributed by atoms with Gasteiger partial charge in [0.15, 0.2) is 5.65 Å². The number of anilines is 1. The van der Waals surface area contributed by atoms with Gasteiger partial charge in [-0.2, -0.15) is 0 Å². The predicted octanol–water partition coefficient (Wildman–Crippen LogP) is 2.37. The standard InChI is InChI=1S/C26H33N7O5/c1-16(2)14-17-11-12-27-23-22(17)30-20(31-23)15-33-13-7-9-19(25(33)36)28-24(35)18(29-26(37)38)8-5-6-10-21(34)32(3)4/h6-7,9-13,16,18,29H,5,8,14-15H2,1-4H3,(H,28,35)(H,37,38)(H,27,30,31)/b10-6+/t18-/m0/s1. The molecule has 3 rings (SSSR count). The summed E-state index contributed by atoms with van der Waals surface area (Å²) in [4.78, 5) is 62.3. The number of hydrogen-bond donors (Lipinski definition) is 4. The van der Waals surface area contributed by atoms with Crippen molar-refractivity contribution >= 4 is 34.8 Å². The molecule has 12 nitrogen and oxygen atoms in total. The second-order valence-corrected chi connectivity index (χ2v) is 9.51. The Morgan fingerprint density at radius 1 is 1.24 bits per heavy atom. The molecule has 38 heavy (non-hydrogen) atoms. The van der Waals surface area contributed by atoms with Crippen LogP contribution in [-0.4, -0.2) is 67.6 Å². The minimum absolute atomic E-state index is 0.00255. The van der Waals surface area contributed by atoms with E-state index in [0.717, 1.165) is 17.5 Å². The van der Waals surface area contributed by atoms with Crippen molar-refractivity contribution in [2.75, 3.05) is 19.4 Å². The number of allylic oxidation sites excluding steroid dienone is 1. The first-order chi connectivity index (χ1) is 18.0. The Labute approximate surface area is 219 Å². The molecule has 0 spiro atoms. The average Bonchev–Trinajstić information content (AvgIpc) is 3.26. The monoisotopic (exact) mass is 523 g/mol. The molecule has 3 amide bonds. The molecule has 0 aliphatic rings. The normalized spacial score (nSPS) is 12.1. The first-order valence-electron chi connectivity index (χ1n) is 12.2. The van der Waals surface area contributed by atoms with Crippen molar-refractivity contribution in [3.8, 4) is 0 Å². The third kappa shape index (κ3) is 7.51. The Hall–Kier alpha value is -4.48. The summed E-state index contributed by atoms with van der Waals surface area (Å²) in [5, 5.41) is 13.8. The fourth-order valence-electron chi connectivity index (χ4n) is 3.85. The number of nitrogens with one attached hydrogen (secondary N) is 3. The molecule has 4 N–H and O–H groups in total. The lowest BCUT2D eigenvalue weighted by molar-refractivity contribution is -0.123. The lowest BCUT2D eigenvalue weighted by atomic mass is 10.0. The SMILES string of the molecule is CC(C)Cc1ccnc2nc(Cn3cccc(NC(=O)[C@H](CC/C=C/C(=O)N(C)C)NC(=O)O)c3=O)[nH]c12. The van der Waals surface area contributed by atoms with Gasteiger partial charge in [0, 0.05) is 26.5 Å². The molecule has 3 heterocycles. The number of fused-ring (bicyclic) bond motifs is 1. The highest BCUT2D eigenvalue weighted by molar-refractivity contribution is 5.96. The number of aromatic nitrogens is 4. The number of nitrogens with zero attached hydrogens (tertiary/aromatic N) is 4. The van der Waals surface area contributed by atoms with E-state index in [9.17, 15) is 19.2 Å². The zero-order valence-electron chi connectivity index (χ0n) is 21.9. The number of imidazole rings is 1. The van der Waals surface area contributed by atoms with E-state index in [2.05, 4.69) is 39.4 Å². The van der Waals surface area contributed by atoms with Gasteiger partial charge in [-0.3, -0.25) is 14.4 Å². The summed E-state index contributed by atoms with van der Waals surface area (Å²) in [6.07, 6.45) is 6.06. The lowest BCUT2D eigenvalue weighted by Gasteiger charge is -2.16. The largest absolute Gasteiger partial charge is 0.465 e. The van der Waals surface area contributed by atoms with Crippen LogP contribution >= 0.6 is 0 Å². The topological polar surface area (TPSA) is 162 Å². The average molecular weight is 524 g/mol. The van der Waals surface area contributed by atoms with Gasteiger partial charge in [-0.25, -0.2) is 14.8 Å². The van der Waals surface area contributed by atoms with Gasteiger partial charge in [-0.15, -0.1) is 0 Å². The van der Waals surface area contributed by atoms with Gasteiger partial charge < -0.3 is 30.2 Å². The van der Waals surface area contributed by atoms with E-state index in [1.165, 1.54) is 21.6 Å². The molecule has 3 aromatic heterocycles. The Bertz CT molecular complexity index is 1390. The maximum Gasteiger partial charge on any atom is 0.405 e. The molecule has 3 aromatic rings. The number of H-pyrrole nitrogens is 1. The number of hydrogen-bond acceptors (Lipinski definition) is 6. The van der Waals surface area contributed by atoms with E-state index < -0.39 is 23.6 Å². The van der Waals surface area contributed by atoms with E-state index in [1.807, 2.05) is 6.07 Å². The quantitative estimate of drug-likeness (QED) is 0.280. The number of amides is 3. The zero-order chi connectivity index (χ0) is 27.8. The van der Waals surface area contributed by atoms with Crippen molar-refractivity contribution in [2.45, 2.75) is 45.7 Å². The third-order valence-corrected chi connectivity index (χ3v) is 5.69. The van der Waals surface area contributed by atoms with Crippen LogP contribution in [0.25, 0.3) is 11.2 Å². The molecule has 202 valence electrons. The third-order valence-electron chi connectivity index (χ3n) is 5.69. The maximum absolute atomic E-state index is 13.1. The van der Waals surface area contributed by atoms with Crippen LogP contribution in [0.15, 0.2) is 47.5 Å². The predicted molar refractivity (Wildman–Crippen MR) is 143 cm³/mol. The smallest absolute Gasteiger partial charge is 0.405 e. The van der Waals surface area contributed by atoms with Gasteiger partial charge in [-0.1, -0.05) is 19.9 Å². The van der Waals surface area contributed by atoms with E-state index in [4.69, 9.17) is 5.11 Å². The summed E-state index contributed by atoms with van der Waals surface area (Å²) in [6.45, 7) is 4.38. The van der Waals surface area contributed by atoms with Gasteiger partial charge in [0.05, 0.1) is 12.1 Å². The molecule has 0 aliphatic heterocycles. The molecule has 0 radical (unpaired) electrons. The molecule has 0 bridgehead atoms. The van der Waals surface area contributed by atoms with Gasteiger partial charge in [0.1, 0.15) is 17.6 Å². The van der Waals surface area contributed by atoms with E-state index in [1.54, 1.807) is 38.6 Å². The first kappa shape index (κ1) is 28.1. The van der Waals surface area contributed by atoms with Crippen molar-refractivity contribution in [3.63, 3.8) is 0 Å². The number of likely N-dealkylation sites (N-methyl/N-ethyl adjacent to an activating group) is 1. The minimum Gasteiger partial charge on any atom is -0.465 e. The molecule has 0 saturated carbocycles. The molecular formula is C26H33N7O5. The van der Waals surface area contributed by atoms with Gasteiger partial charge >= 0.3 is 6.09 Å². The Morgan fingerprint density at radius 2 is 2.00 bits per heavy atom. The Morgan fingerprint density at radius 3 is 2.68 bits per heavy atom. The molecule has 0 saturated heterocycles. The van der Waals surface area contributed by atoms with Crippen LogP contribution in [0.1, 0.15) is 38.1 Å². The van der Waals surface area contributed by atoms with E-state index in [0.29, 0.717) is 17.4 Å². The van der Waals surface area contributed by atoms with Crippen LogP contribution in [0.3, 0.4) is 0 Å². The fraction of sp³-hybridized carbons (Fsp3) is 0.385. The van der Waals surface area contributed by atoms with Gasteiger partial charge in [-0.05, 0) is 55.0 Å². The van der Waals surface area contributed by atoms with Crippen LogP contribution in [0, 0.1) is 5.92 Å². The number of rotatable bonds is 11. The van der Waals surface area contributed by atoms with Crippen LogP contribution in [0.4, 0.5) is 10.5 Å². The summed E-state index contributed by atoms with van der Waals surface area (Å²) in [6, 6.07) is 3.88. The lowest BCUT2D eigenvalue weighted by Crippen LogP contribution is -2.44. The van der Waals surface area contributed by atoms with Crippen LogP contribution in [0.2, 0.25) is 0 Å². The number of carboxylic acid groups (broad SMARTS) is 1. The highest BCUT2D eigenvalue weighted by atomic mass is 16.4. The molecule has 1 atom stereocenters. The van der Waals surface area contributed by atoms with Gasteiger partial charge in [0.25, 0.3) is 5.56 Å². The van der Waals surface area contributed by atoms with E-state index in [-0.39, 0.29) is 31.0 Å². The zero-order valence-corrected chi connectivity index (χ0v) is 21.9. The van der Waals surface area contributed by atoms with Gasteiger partial charge in [0.2, 0.25) is 11.8 Å². The fourth-order valence-corrected chi connectivity index (χ4v) is 3.85. The molecule has 0 unspecified atom stereocenters. The molecule has 0 fully saturated rings. The second-order valence-electron chi connectivity index (χ2n) is 9.51. The second kappa shape index (κ2) is 12.7. The van der Waals surface area contributed by atoms with Crippen molar-refractivity contribution in [2.24, 2.45) is 5.92 Å². The van der Waals surface area contributed by atoms with Crippen LogP contribution in [0.5, 0.6) is 0 Å². The highest BCUT2D eigenvalue weighted by Crippen LogP contribution is 2.18. The molecule has 0 aliphatic carbocycles. The summed E-state index contributed by atoms with van der Waals surface area (Å²) >= 11 is 0. The van der Waals surface area contributed by atoms with Crippen molar-refractivity contribution in [1.82, 2.24) is 29.7 Å². The van der Waals surface area contributed by atoms with Crippen LogP contribution < -0.4 is 16.2 Å². The van der Waals surface area contributed by atoms with Crippen molar-refractivity contribution in [3.05, 3.63) is 64.5 Å². The number of aromatic amines is 1. The summed E-state index contributed by atoms with van der Waals surface area (Å²) < 4.78 is 1.39. The number of carbonyl (C=O) groups excluding carboxylic acids is 2. The Kier molecular flexibility index (Phi) is 9.36. The van der Waals surface area contributed by atoms with Crippen molar-refractivity contribution in [1.29, 1.82) is 0 Å².